The fraction of sp³-hybridized carbons (Fsp3) is 0.500. The highest BCUT2D eigenvalue weighted by molar-refractivity contribution is 5.97. The van der Waals surface area contributed by atoms with Crippen LogP contribution in [0.3, 0.4) is 0 Å². The minimum absolute atomic E-state index is 0.108. The lowest BCUT2D eigenvalue weighted by molar-refractivity contribution is 0.0255. The second-order valence-corrected chi connectivity index (χ2v) is 9.09. The first-order chi connectivity index (χ1) is 16.2. The summed E-state index contributed by atoms with van der Waals surface area (Å²) in [7, 11) is 0. The molecule has 3 heterocycles. The Morgan fingerprint density at radius 1 is 1.03 bits per heavy atom. The quantitative estimate of drug-likeness (QED) is 0.726. The SMILES string of the molecule is O=C1c2ccc(OC3CCOCC3)cc2OCCN1C[C@H](O)CN1CCc2ccccc2C1. The number of hydrogen-bond acceptors (Lipinski definition) is 6. The first kappa shape index (κ1) is 22.2. The Bertz CT molecular complexity index is 975. The number of nitrogens with zero attached hydrogens (tertiary/aromatic N) is 2. The Labute approximate surface area is 194 Å². The molecule has 1 amide bonds. The number of β-amino-alcohol motifs (C(OH)–C–C–N with tert-alkyl or cyclic N) is 1. The van der Waals surface area contributed by atoms with Gasteiger partial charge < -0.3 is 24.2 Å². The second-order valence-electron chi connectivity index (χ2n) is 9.09. The predicted octanol–water partition coefficient (Wildman–Crippen LogP) is 2.50. The van der Waals surface area contributed by atoms with E-state index in [-0.39, 0.29) is 12.0 Å². The van der Waals surface area contributed by atoms with E-state index in [1.165, 1.54) is 11.1 Å². The molecule has 0 bridgehead atoms. The van der Waals surface area contributed by atoms with Crippen LogP contribution in [0.1, 0.15) is 34.3 Å². The van der Waals surface area contributed by atoms with Crippen molar-refractivity contribution in [3.63, 3.8) is 0 Å². The second kappa shape index (κ2) is 10.1. The molecule has 3 aliphatic rings. The van der Waals surface area contributed by atoms with Crippen molar-refractivity contribution in [2.75, 3.05) is 46.0 Å². The maximum atomic E-state index is 13.2. The standard InChI is InChI=1S/C26H32N2O5/c29-21(17-27-10-7-19-3-1-2-4-20(19)16-27)18-28-11-14-32-25-15-23(5-6-24(25)26(28)30)33-22-8-12-31-13-9-22/h1-6,15,21-22,29H,7-14,16-18H2/t21-/m1/s1. The van der Waals surface area contributed by atoms with Crippen LogP contribution >= 0.6 is 0 Å². The van der Waals surface area contributed by atoms with Crippen molar-refractivity contribution in [1.29, 1.82) is 0 Å². The lowest BCUT2D eigenvalue weighted by atomic mass is 10.00. The monoisotopic (exact) mass is 452 g/mol. The molecular formula is C26H32N2O5. The zero-order valence-corrected chi connectivity index (χ0v) is 18.9. The summed E-state index contributed by atoms with van der Waals surface area (Å²) in [4.78, 5) is 17.2. The van der Waals surface area contributed by atoms with E-state index in [0.29, 0.717) is 56.5 Å². The Morgan fingerprint density at radius 2 is 1.85 bits per heavy atom. The van der Waals surface area contributed by atoms with Crippen molar-refractivity contribution in [2.45, 2.75) is 38.0 Å². The van der Waals surface area contributed by atoms with Crippen LogP contribution in [0.2, 0.25) is 0 Å². The van der Waals surface area contributed by atoms with Gasteiger partial charge in [-0.15, -0.1) is 0 Å². The number of aliphatic hydroxyl groups excluding tert-OH is 1. The average Bonchev–Trinajstić information content (AvgIpc) is 2.98. The smallest absolute Gasteiger partial charge is 0.257 e. The summed E-state index contributed by atoms with van der Waals surface area (Å²) in [6.45, 7) is 4.86. The van der Waals surface area contributed by atoms with Crippen LogP contribution in [0.5, 0.6) is 11.5 Å². The van der Waals surface area contributed by atoms with E-state index in [9.17, 15) is 9.90 Å². The highest BCUT2D eigenvalue weighted by atomic mass is 16.5. The molecule has 7 heteroatoms. The molecule has 1 N–H and O–H groups in total. The van der Waals surface area contributed by atoms with E-state index >= 15 is 0 Å². The predicted molar refractivity (Wildman–Crippen MR) is 124 cm³/mol. The summed E-state index contributed by atoms with van der Waals surface area (Å²) >= 11 is 0. The molecule has 0 aromatic heterocycles. The summed E-state index contributed by atoms with van der Waals surface area (Å²) in [5.41, 5.74) is 3.23. The molecule has 33 heavy (non-hydrogen) atoms. The minimum Gasteiger partial charge on any atom is -0.491 e. The number of aliphatic hydroxyl groups is 1. The van der Waals surface area contributed by atoms with Crippen molar-refractivity contribution in [1.82, 2.24) is 9.80 Å². The Balaban J connectivity index is 1.19. The van der Waals surface area contributed by atoms with Gasteiger partial charge in [-0.05, 0) is 29.7 Å². The van der Waals surface area contributed by atoms with E-state index in [0.717, 1.165) is 32.4 Å². The summed E-state index contributed by atoms with van der Waals surface area (Å²) < 4.78 is 17.3. The van der Waals surface area contributed by atoms with Crippen LogP contribution in [0, 0.1) is 0 Å². The van der Waals surface area contributed by atoms with E-state index in [1.54, 1.807) is 11.0 Å². The zero-order chi connectivity index (χ0) is 22.6. The summed E-state index contributed by atoms with van der Waals surface area (Å²) in [6, 6.07) is 13.9. The Morgan fingerprint density at radius 3 is 2.70 bits per heavy atom. The van der Waals surface area contributed by atoms with Crippen molar-refractivity contribution in [2.24, 2.45) is 0 Å². The molecule has 3 aliphatic heterocycles. The highest BCUT2D eigenvalue weighted by Gasteiger charge is 2.27. The van der Waals surface area contributed by atoms with Crippen LogP contribution in [-0.4, -0.2) is 79.0 Å². The van der Waals surface area contributed by atoms with Crippen molar-refractivity contribution >= 4 is 5.91 Å². The van der Waals surface area contributed by atoms with Gasteiger partial charge >= 0.3 is 0 Å². The summed E-state index contributed by atoms with van der Waals surface area (Å²) in [5, 5.41) is 10.8. The number of fused-ring (bicyclic) bond motifs is 2. The van der Waals surface area contributed by atoms with Crippen LogP contribution in [0.15, 0.2) is 42.5 Å². The van der Waals surface area contributed by atoms with Gasteiger partial charge in [0, 0.05) is 45.1 Å². The minimum atomic E-state index is -0.614. The number of hydrogen-bond donors (Lipinski definition) is 1. The summed E-state index contributed by atoms with van der Waals surface area (Å²) in [6.07, 6.45) is 2.24. The van der Waals surface area contributed by atoms with E-state index in [4.69, 9.17) is 14.2 Å². The van der Waals surface area contributed by atoms with Gasteiger partial charge in [-0.25, -0.2) is 0 Å². The molecule has 2 aromatic rings. The third-order valence-corrected chi connectivity index (χ3v) is 6.67. The lowest BCUT2D eigenvalue weighted by Gasteiger charge is -2.32. The van der Waals surface area contributed by atoms with Gasteiger partial charge in [0.25, 0.3) is 5.91 Å². The molecule has 2 aromatic carbocycles. The molecule has 0 aliphatic carbocycles. The van der Waals surface area contributed by atoms with Gasteiger partial charge in [-0.3, -0.25) is 9.69 Å². The van der Waals surface area contributed by atoms with Gasteiger partial charge in [0.05, 0.1) is 31.4 Å². The van der Waals surface area contributed by atoms with Gasteiger partial charge in [-0.1, -0.05) is 24.3 Å². The molecule has 1 saturated heterocycles. The molecule has 1 fully saturated rings. The molecule has 7 nitrogen and oxygen atoms in total. The highest BCUT2D eigenvalue weighted by Crippen LogP contribution is 2.30. The van der Waals surface area contributed by atoms with E-state index < -0.39 is 6.10 Å². The molecule has 0 unspecified atom stereocenters. The van der Waals surface area contributed by atoms with Crippen molar-refractivity contribution in [3.8, 4) is 11.5 Å². The molecule has 1 atom stereocenters. The zero-order valence-electron chi connectivity index (χ0n) is 18.9. The third-order valence-electron chi connectivity index (χ3n) is 6.67. The van der Waals surface area contributed by atoms with Gasteiger partial charge in [0.15, 0.2) is 0 Å². The van der Waals surface area contributed by atoms with Crippen molar-refractivity contribution < 1.29 is 24.1 Å². The Kier molecular flexibility index (Phi) is 6.80. The van der Waals surface area contributed by atoms with Crippen LogP contribution in [0.25, 0.3) is 0 Å². The molecule has 0 saturated carbocycles. The maximum absolute atomic E-state index is 13.2. The van der Waals surface area contributed by atoms with Crippen LogP contribution in [0.4, 0.5) is 0 Å². The third kappa shape index (κ3) is 5.32. The lowest BCUT2D eigenvalue weighted by Crippen LogP contribution is -2.44. The number of amides is 1. The van der Waals surface area contributed by atoms with Gasteiger partial charge in [0.2, 0.25) is 0 Å². The summed E-state index contributed by atoms with van der Waals surface area (Å²) in [5.74, 6) is 1.16. The average molecular weight is 453 g/mol. The normalized spacial score (nSPS) is 20.4. The largest absolute Gasteiger partial charge is 0.491 e. The molecule has 0 spiro atoms. The number of carbonyl (C=O) groups excluding carboxylic acids is 1. The number of carbonyl (C=O) groups is 1. The fourth-order valence-corrected chi connectivity index (χ4v) is 4.89. The fourth-order valence-electron chi connectivity index (χ4n) is 4.89. The molecule has 0 radical (unpaired) electrons. The first-order valence-corrected chi connectivity index (χ1v) is 11.9. The van der Waals surface area contributed by atoms with Gasteiger partial charge in [0.1, 0.15) is 24.2 Å². The molecule has 5 rings (SSSR count). The molecule has 176 valence electrons. The van der Waals surface area contributed by atoms with Gasteiger partial charge in [-0.2, -0.15) is 0 Å². The van der Waals surface area contributed by atoms with E-state index in [2.05, 4.69) is 29.2 Å². The number of rotatable bonds is 6. The molecular weight excluding hydrogens is 420 g/mol. The number of benzene rings is 2. The maximum Gasteiger partial charge on any atom is 0.257 e. The first-order valence-electron chi connectivity index (χ1n) is 11.9. The van der Waals surface area contributed by atoms with Crippen LogP contribution in [-0.2, 0) is 17.7 Å². The topological polar surface area (TPSA) is 71.5 Å². The van der Waals surface area contributed by atoms with Crippen molar-refractivity contribution in [3.05, 3.63) is 59.2 Å². The van der Waals surface area contributed by atoms with E-state index in [1.807, 2.05) is 12.1 Å². The number of ether oxygens (including phenoxy) is 3. The van der Waals surface area contributed by atoms with Crippen LogP contribution < -0.4 is 9.47 Å². The Hall–Kier alpha value is -2.61.